The Kier molecular flexibility index (Phi) is 4.01. The fraction of sp³-hybridized carbons (Fsp3) is 0.0769. The van der Waals surface area contributed by atoms with Crippen LogP contribution in [-0.2, 0) is 14.6 Å². The first-order valence-electron chi connectivity index (χ1n) is 5.53. The van der Waals surface area contributed by atoms with E-state index >= 15 is 0 Å². The van der Waals surface area contributed by atoms with E-state index < -0.39 is 15.8 Å². The number of hydrogen-bond donors (Lipinski definition) is 1. The summed E-state index contributed by atoms with van der Waals surface area (Å²) in [5.74, 6) is -1.09. The maximum atomic E-state index is 11.4. The summed E-state index contributed by atoms with van der Waals surface area (Å²) in [5, 5.41) is 11.6. The van der Waals surface area contributed by atoms with Crippen molar-refractivity contribution < 1.29 is 18.3 Å². The third kappa shape index (κ3) is 3.31. The largest absolute Gasteiger partial charge is 0.478 e. The van der Waals surface area contributed by atoms with Gasteiger partial charge in [0.05, 0.1) is 10.5 Å². The molecule has 2 rings (SSSR count). The van der Waals surface area contributed by atoms with Crippen molar-refractivity contribution in [2.24, 2.45) is 0 Å². The Hall–Kier alpha value is -1.99. The van der Waals surface area contributed by atoms with Gasteiger partial charge in [-0.25, -0.2) is 18.2 Å². The van der Waals surface area contributed by atoms with E-state index in [-0.39, 0.29) is 10.5 Å². The van der Waals surface area contributed by atoms with Crippen LogP contribution in [0.1, 0.15) is 10.6 Å². The number of rotatable bonds is 4. The molecule has 20 heavy (non-hydrogen) atoms. The van der Waals surface area contributed by atoms with Gasteiger partial charge >= 0.3 is 5.97 Å². The lowest BCUT2D eigenvalue weighted by Gasteiger charge is -2.04. The van der Waals surface area contributed by atoms with E-state index in [9.17, 15) is 18.3 Å². The number of carbonyl (C=O) groups is 1. The van der Waals surface area contributed by atoms with Gasteiger partial charge in [0.25, 0.3) is 0 Å². The topological polar surface area (TPSA) is 84.3 Å². The second-order valence-corrected chi connectivity index (χ2v) is 6.97. The number of carboxylic acid groups (broad SMARTS) is 1. The Labute approximate surface area is 120 Å². The van der Waals surface area contributed by atoms with E-state index in [0.29, 0.717) is 10.6 Å². The van der Waals surface area contributed by atoms with Crippen LogP contribution < -0.4 is 0 Å². The van der Waals surface area contributed by atoms with Gasteiger partial charge < -0.3 is 5.11 Å². The Balaban J connectivity index is 2.44. The van der Waals surface area contributed by atoms with Gasteiger partial charge in [0.2, 0.25) is 0 Å². The minimum absolute atomic E-state index is 0.0694. The first kappa shape index (κ1) is 14.4. The molecule has 2 aromatic rings. The van der Waals surface area contributed by atoms with Crippen molar-refractivity contribution in [2.45, 2.75) is 4.90 Å². The van der Waals surface area contributed by atoms with Crippen LogP contribution in [0.15, 0.2) is 40.7 Å². The van der Waals surface area contributed by atoms with Gasteiger partial charge in [0, 0.05) is 17.8 Å². The monoisotopic (exact) mass is 309 g/mol. The minimum Gasteiger partial charge on any atom is -0.478 e. The van der Waals surface area contributed by atoms with Crippen molar-refractivity contribution >= 4 is 38.8 Å². The summed E-state index contributed by atoms with van der Waals surface area (Å²) < 4.78 is 22.7. The summed E-state index contributed by atoms with van der Waals surface area (Å²) in [6.45, 7) is 0. The number of sulfone groups is 1. The Bertz CT molecular complexity index is 744. The lowest BCUT2D eigenvalue weighted by Crippen LogP contribution is -2.01. The lowest BCUT2D eigenvalue weighted by atomic mass is 10.1. The standard InChI is InChI=1S/C13H11NO4S2/c1-20(17,18)10-4-2-9(3-5-10)11(13(15)16)8-12-14-6-7-19-12/h2-8H,1H3,(H,15,16)/b11-8-. The van der Waals surface area contributed by atoms with Gasteiger partial charge in [-0.3, -0.25) is 0 Å². The molecule has 0 fully saturated rings. The van der Waals surface area contributed by atoms with E-state index in [4.69, 9.17) is 0 Å². The zero-order valence-electron chi connectivity index (χ0n) is 10.5. The smallest absolute Gasteiger partial charge is 0.336 e. The molecule has 0 spiro atoms. The molecule has 0 saturated carbocycles. The van der Waals surface area contributed by atoms with E-state index in [2.05, 4.69) is 4.98 Å². The highest BCUT2D eigenvalue weighted by atomic mass is 32.2. The Morgan fingerprint density at radius 1 is 1.30 bits per heavy atom. The number of benzene rings is 1. The van der Waals surface area contributed by atoms with Crippen LogP contribution in [0.5, 0.6) is 0 Å². The molecule has 7 heteroatoms. The second-order valence-electron chi connectivity index (χ2n) is 4.03. The fourth-order valence-electron chi connectivity index (χ4n) is 1.58. The highest BCUT2D eigenvalue weighted by molar-refractivity contribution is 7.90. The van der Waals surface area contributed by atoms with Crippen LogP contribution in [0.4, 0.5) is 0 Å². The van der Waals surface area contributed by atoms with Crippen molar-refractivity contribution in [3.8, 4) is 0 Å². The Morgan fingerprint density at radius 3 is 2.40 bits per heavy atom. The quantitative estimate of drug-likeness (QED) is 0.875. The SMILES string of the molecule is CS(=O)(=O)c1ccc(/C(=C/c2nccs2)C(=O)O)cc1. The van der Waals surface area contributed by atoms with Crippen molar-refractivity contribution in [1.82, 2.24) is 4.98 Å². The van der Waals surface area contributed by atoms with E-state index in [1.165, 1.54) is 41.7 Å². The average Bonchev–Trinajstić information content (AvgIpc) is 2.87. The zero-order valence-corrected chi connectivity index (χ0v) is 12.1. The molecule has 1 heterocycles. The predicted octanol–water partition coefficient (Wildman–Crippen LogP) is 2.17. The third-order valence-corrected chi connectivity index (χ3v) is 4.39. The summed E-state index contributed by atoms with van der Waals surface area (Å²) in [5.41, 5.74) is 0.500. The molecule has 5 nitrogen and oxygen atoms in total. The van der Waals surface area contributed by atoms with Crippen molar-refractivity contribution in [1.29, 1.82) is 0 Å². The summed E-state index contributed by atoms with van der Waals surface area (Å²) in [6, 6.07) is 5.74. The van der Waals surface area contributed by atoms with Gasteiger partial charge in [-0.15, -0.1) is 11.3 Å². The Morgan fingerprint density at radius 2 is 1.95 bits per heavy atom. The summed E-state index contributed by atoms with van der Waals surface area (Å²) in [6.07, 6.45) is 4.15. The summed E-state index contributed by atoms with van der Waals surface area (Å²) in [4.78, 5) is 15.5. The number of aliphatic carboxylic acids is 1. The summed E-state index contributed by atoms with van der Waals surface area (Å²) >= 11 is 1.32. The second kappa shape index (κ2) is 5.56. The first-order valence-corrected chi connectivity index (χ1v) is 8.30. The van der Waals surface area contributed by atoms with Gasteiger partial charge in [-0.05, 0) is 23.8 Å². The van der Waals surface area contributed by atoms with E-state index in [1.54, 1.807) is 11.6 Å². The van der Waals surface area contributed by atoms with Crippen LogP contribution in [0.25, 0.3) is 11.6 Å². The fourth-order valence-corrected chi connectivity index (χ4v) is 2.78. The van der Waals surface area contributed by atoms with Crippen LogP contribution in [0, 0.1) is 0 Å². The lowest BCUT2D eigenvalue weighted by molar-refractivity contribution is -0.130. The number of aromatic nitrogens is 1. The minimum atomic E-state index is -3.29. The van der Waals surface area contributed by atoms with E-state index in [0.717, 1.165) is 6.26 Å². The first-order chi connectivity index (χ1) is 9.38. The predicted molar refractivity (Wildman–Crippen MR) is 77.2 cm³/mol. The molecular weight excluding hydrogens is 298 g/mol. The van der Waals surface area contributed by atoms with Gasteiger partial charge in [0.15, 0.2) is 9.84 Å². The molecule has 1 aromatic heterocycles. The van der Waals surface area contributed by atoms with Crippen LogP contribution in [0.3, 0.4) is 0 Å². The molecule has 0 aliphatic heterocycles. The molecule has 1 aromatic carbocycles. The molecule has 0 atom stereocenters. The maximum absolute atomic E-state index is 11.4. The zero-order chi connectivity index (χ0) is 14.8. The van der Waals surface area contributed by atoms with Crippen molar-refractivity contribution in [3.63, 3.8) is 0 Å². The van der Waals surface area contributed by atoms with E-state index in [1.807, 2.05) is 0 Å². The average molecular weight is 309 g/mol. The number of carboxylic acids is 1. The molecule has 0 saturated heterocycles. The van der Waals surface area contributed by atoms with Crippen LogP contribution >= 0.6 is 11.3 Å². The number of thiazole rings is 1. The van der Waals surface area contributed by atoms with Crippen LogP contribution in [-0.4, -0.2) is 30.7 Å². The molecule has 0 aliphatic rings. The molecule has 0 aliphatic carbocycles. The molecular formula is C13H11NO4S2. The van der Waals surface area contributed by atoms with Gasteiger partial charge in [-0.1, -0.05) is 12.1 Å². The highest BCUT2D eigenvalue weighted by Gasteiger charge is 2.13. The maximum Gasteiger partial charge on any atom is 0.336 e. The van der Waals surface area contributed by atoms with Gasteiger partial charge in [0.1, 0.15) is 5.01 Å². The molecule has 0 unspecified atom stereocenters. The van der Waals surface area contributed by atoms with Gasteiger partial charge in [-0.2, -0.15) is 0 Å². The third-order valence-electron chi connectivity index (χ3n) is 2.54. The summed E-state index contributed by atoms with van der Waals surface area (Å²) in [7, 11) is -3.29. The highest BCUT2D eigenvalue weighted by Crippen LogP contribution is 2.21. The normalized spacial score (nSPS) is 12.3. The number of hydrogen-bond acceptors (Lipinski definition) is 5. The molecule has 1 N–H and O–H groups in total. The molecule has 0 amide bonds. The van der Waals surface area contributed by atoms with Crippen molar-refractivity contribution in [2.75, 3.05) is 6.26 Å². The van der Waals surface area contributed by atoms with Crippen LogP contribution in [0.2, 0.25) is 0 Å². The van der Waals surface area contributed by atoms with Crippen molar-refractivity contribution in [3.05, 3.63) is 46.4 Å². The number of nitrogens with zero attached hydrogens (tertiary/aromatic N) is 1. The molecule has 0 bridgehead atoms. The molecule has 0 radical (unpaired) electrons. The molecule has 104 valence electrons.